The minimum atomic E-state index is -0.479. The third-order valence-electron chi connectivity index (χ3n) is 4.27. The van der Waals surface area contributed by atoms with Gasteiger partial charge in [-0.1, -0.05) is 11.6 Å². The molecule has 0 aliphatic carbocycles. The van der Waals surface area contributed by atoms with Crippen LogP contribution < -0.4 is 14.8 Å². The molecule has 7 heteroatoms. The van der Waals surface area contributed by atoms with E-state index in [0.29, 0.717) is 40.8 Å². The fourth-order valence-electron chi connectivity index (χ4n) is 2.81. The Balaban J connectivity index is 1.78. The van der Waals surface area contributed by atoms with Crippen molar-refractivity contribution in [2.24, 2.45) is 0 Å². The fourth-order valence-corrected chi connectivity index (χ4v) is 2.94. The molecule has 3 rings (SSSR count). The van der Waals surface area contributed by atoms with Crippen LogP contribution in [0, 0.1) is 0 Å². The Kier molecular flexibility index (Phi) is 5.32. The van der Waals surface area contributed by atoms with E-state index in [0.717, 1.165) is 0 Å². The lowest BCUT2D eigenvalue weighted by Gasteiger charge is -2.20. The van der Waals surface area contributed by atoms with E-state index in [4.69, 9.17) is 21.1 Å². The van der Waals surface area contributed by atoms with Gasteiger partial charge in [0.1, 0.15) is 23.3 Å². The number of ether oxygens (including phenoxy) is 2. The zero-order valence-electron chi connectivity index (χ0n) is 14.5. The second kappa shape index (κ2) is 7.66. The van der Waals surface area contributed by atoms with Crippen molar-refractivity contribution >= 4 is 29.1 Å². The van der Waals surface area contributed by atoms with Gasteiger partial charge in [-0.2, -0.15) is 0 Å². The van der Waals surface area contributed by atoms with Crippen LogP contribution in [-0.4, -0.2) is 36.9 Å². The predicted molar refractivity (Wildman–Crippen MR) is 98.9 cm³/mol. The van der Waals surface area contributed by atoms with E-state index < -0.39 is 6.04 Å². The van der Waals surface area contributed by atoms with Gasteiger partial charge in [0.05, 0.1) is 12.8 Å². The van der Waals surface area contributed by atoms with E-state index in [1.54, 1.807) is 49.5 Å². The Morgan fingerprint density at radius 1 is 1.19 bits per heavy atom. The highest BCUT2D eigenvalue weighted by Gasteiger charge is 2.33. The first-order chi connectivity index (χ1) is 12.5. The smallest absolute Gasteiger partial charge is 0.247 e. The van der Waals surface area contributed by atoms with Crippen LogP contribution in [0.5, 0.6) is 17.2 Å². The molecule has 0 radical (unpaired) electrons. The van der Waals surface area contributed by atoms with Crippen molar-refractivity contribution in [2.45, 2.75) is 18.9 Å². The molecule has 0 aromatic heterocycles. The Morgan fingerprint density at radius 2 is 1.88 bits per heavy atom. The lowest BCUT2D eigenvalue weighted by molar-refractivity contribution is -0.131. The number of likely N-dealkylation sites (N-methyl/N-ethyl adjacent to an activating group) is 1. The summed E-state index contributed by atoms with van der Waals surface area (Å²) in [7, 11) is 3.16. The van der Waals surface area contributed by atoms with Crippen molar-refractivity contribution in [1.29, 1.82) is 0 Å². The number of rotatable bonds is 5. The van der Waals surface area contributed by atoms with Gasteiger partial charge >= 0.3 is 0 Å². The molecule has 1 atom stereocenters. The number of hydrogen-bond donors (Lipinski definition) is 1. The van der Waals surface area contributed by atoms with Crippen LogP contribution in [-0.2, 0) is 9.59 Å². The molecule has 1 aliphatic rings. The van der Waals surface area contributed by atoms with E-state index in [9.17, 15) is 9.59 Å². The van der Waals surface area contributed by atoms with Gasteiger partial charge in [-0.15, -0.1) is 0 Å². The number of halogens is 1. The van der Waals surface area contributed by atoms with E-state index in [2.05, 4.69) is 5.32 Å². The lowest BCUT2D eigenvalue weighted by atomic mass is 10.2. The van der Waals surface area contributed by atoms with Crippen LogP contribution in [0.15, 0.2) is 42.5 Å². The second-order valence-electron chi connectivity index (χ2n) is 5.97. The number of nitrogens with one attached hydrogen (secondary N) is 1. The molecule has 1 saturated heterocycles. The quantitative estimate of drug-likeness (QED) is 0.866. The molecule has 1 fully saturated rings. The minimum Gasteiger partial charge on any atom is -0.495 e. The molecule has 0 spiro atoms. The van der Waals surface area contributed by atoms with Gasteiger partial charge < -0.3 is 19.7 Å². The summed E-state index contributed by atoms with van der Waals surface area (Å²) in [6.45, 7) is 0. The monoisotopic (exact) mass is 374 g/mol. The van der Waals surface area contributed by atoms with Crippen molar-refractivity contribution in [1.82, 2.24) is 4.90 Å². The summed E-state index contributed by atoms with van der Waals surface area (Å²) < 4.78 is 11.1. The van der Waals surface area contributed by atoms with Gasteiger partial charge in [0.25, 0.3) is 0 Å². The summed E-state index contributed by atoms with van der Waals surface area (Å²) in [6, 6.07) is 11.6. The van der Waals surface area contributed by atoms with Crippen LogP contribution in [0.2, 0.25) is 5.02 Å². The minimum absolute atomic E-state index is 0.0306. The van der Waals surface area contributed by atoms with Gasteiger partial charge in [-0.05, 0) is 42.8 Å². The molecule has 1 N–H and O–H groups in total. The number of anilines is 1. The first-order valence-electron chi connectivity index (χ1n) is 8.16. The maximum atomic E-state index is 12.5. The van der Waals surface area contributed by atoms with Gasteiger partial charge in [-0.3, -0.25) is 9.59 Å². The van der Waals surface area contributed by atoms with Gasteiger partial charge in [0.2, 0.25) is 11.8 Å². The number of likely N-dealkylation sites (tertiary alicyclic amines) is 1. The molecule has 0 unspecified atom stereocenters. The van der Waals surface area contributed by atoms with E-state index in [1.807, 2.05) is 0 Å². The van der Waals surface area contributed by atoms with E-state index in [1.165, 1.54) is 12.0 Å². The van der Waals surface area contributed by atoms with Crippen LogP contribution >= 0.6 is 11.6 Å². The third-order valence-corrected chi connectivity index (χ3v) is 4.53. The van der Waals surface area contributed by atoms with Gasteiger partial charge in [0, 0.05) is 24.6 Å². The van der Waals surface area contributed by atoms with Gasteiger partial charge in [0.15, 0.2) is 0 Å². The first-order valence-corrected chi connectivity index (χ1v) is 8.53. The average molecular weight is 375 g/mol. The molecule has 2 aromatic carbocycles. The molecule has 2 aromatic rings. The normalized spacial score (nSPS) is 16.5. The Bertz CT molecular complexity index is 823. The van der Waals surface area contributed by atoms with Crippen LogP contribution in [0.1, 0.15) is 12.8 Å². The summed E-state index contributed by atoms with van der Waals surface area (Å²) in [5, 5.41) is 3.45. The average Bonchev–Trinajstić information content (AvgIpc) is 2.96. The molecule has 0 saturated carbocycles. The number of nitrogens with zero attached hydrogens (tertiary/aromatic N) is 1. The number of hydrogen-bond acceptors (Lipinski definition) is 4. The van der Waals surface area contributed by atoms with Crippen LogP contribution in [0.3, 0.4) is 0 Å². The summed E-state index contributed by atoms with van der Waals surface area (Å²) in [6.07, 6.45) is 0.885. The van der Waals surface area contributed by atoms with Crippen molar-refractivity contribution in [3.05, 3.63) is 47.5 Å². The Labute approximate surface area is 156 Å². The first kappa shape index (κ1) is 18.1. The summed E-state index contributed by atoms with van der Waals surface area (Å²) in [5.74, 6) is 1.39. The molecule has 136 valence electrons. The maximum absolute atomic E-state index is 12.5. The molecular weight excluding hydrogens is 356 g/mol. The van der Waals surface area contributed by atoms with E-state index >= 15 is 0 Å². The molecular formula is C19H19ClN2O4. The zero-order chi connectivity index (χ0) is 18.7. The highest BCUT2D eigenvalue weighted by atomic mass is 35.5. The highest BCUT2D eigenvalue weighted by molar-refractivity contribution is 6.30. The fraction of sp³-hybridized carbons (Fsp3) is 0.263. The Morgan fingerprint density at radius 3 is 2.50 bits per heavy atom. The van der Waals surface area contributed by atoms with Crippen molar-refractivity contribution in [3.63, 3.8) is 0 Å². The van der Waals surface area contributed by atoms with Crippen molar-refractivity contribution in [2.75, 3.05) is 19.5 Å². The number of amides is 2. The van der Waals surface area contributed by atoms with Crippen molar-refractivity contribution < 1.29 is 19.1 Å². The number of methoxy groups -OCH3 is 1. The summed E-state index contributed by atoms with van der Waals surface area (Å²) in [5.41, 5.74) is 0.483. The Hall–Kier alpha value is -2.73. The van der Waals surface area contributed by atoms with E-state index in [-0.39, 0.29) is 11.8 Å². The molecule has 1 heterocycles. The van der Waals surface area contributed by atoms with Crippen LogP contribution in [0.25, 0.3) is 0 Å². The SMILES string of the molecule is COc1ccc(Oc2ccc(Cl)cc2)cc1NC(=O)[C@@H]1CCC(=O)N1C. The zero-order valence-corrected chi connectivity index (χ0v) is 15.2. The number of carbonyl (C=O) groups excluding carboxylic acids is 2. The molecule has 6 nitrogen and oxygen atoms in total. The molecule has 2 amide bonds. The largest absolute Gasteiger partial charge is 0.495 e. The molecule has 1 aliphatic heterocycles. The topological polar surface area (TPSA) is 67.9 Å². The summed E-state index contributed by atoms with van der Waals surface area (Å²) in [4.78, 5) is 25.6. The summed E-state index contributed by atoms with van der Waals surface area (Å²) >= 11 is 5.87. The highest BCUT2D eigenvalue weighted by Crippen LogP contribution is 2.32. The van der Waals surface area contributed by atoms with Gasteiger partial charge in [-0.25, -0.2) is 0 Å². The second-order valence-corrected chi connectivity index (χ2v) is 6.40. The molecule has 26 heavy (non-hydrogen) atoms. The number of carbonyl (C=O) groups is 2. The predicted octanol–water partition coefficient (Wildman–Crippen LogP) is 3.70. The lowest BCUT2D eigenvalue weighted by Crippen LogP contribution is -2.38. The van der Waals surface area contributed by atoms with Crippen LogP contribution in [0.4, 0.5) is 5.69 Å². The third kappa shape index (κ3) is 3.91. The van der Waals surface area contributed by atoms with Crippen molar-refractivity contribution in [3.8, 4) is 17.2 Å². The molecule has 0 bridgehead atoms. The standard InChI is InChI=1S/C19H19ClN2O4/c1-22-16(8-10-18(22)23)19(24)21-15-11-14(7-9-17(15)25-2)26-13-5-3-12(20)4-6-13/h3-7,9,11,16H,8,10H2,1-2H3,(H,21,24)/t16-/m0/s1. The maximum Gasteiger partial charge on any atom is 0.247 e. The number of benzene rings is 2.